The SMILES string of the molecule is CCc1ccc(C#N)cc1[C@@H](N)CO. The van der Waals surface area contributed by atoms with Crippen LogP contribution in [-0.2, 0) is 6.42 Å². The Hall–Kier alpha value is -1.37. The lowest BCUT2D eigenvalue weighted by Crippen LogP contribution is -2.16. The van der Waals surface area contributed by atoms with Crippen molar-refractivity contribution in [3.63, 3.8) is 0 Å². The van der Waals surface area contributed by atoms with Gasteiger partial charge in [0, 0.05) is 0 Å². The van der Waals surface area contributed by atoms with Crippen LogP contribution in [0.4, 0.5) is 0 Å². The topological polar surface area (TPSA) is 70.0 Å². The van der Waals surface area contributed by atoms with Crippen LogP contribution in [0.2, 0.25) is 0 Å². The third-order valence-electron chi connectivity index (χ3n) is 2.25. The van der Waals surface area contributed by atoms with E-state index in [4.69, 9.17) is 16.1 Å². The number of benzene rings is 1. The van der Waals surface area contributed by atoms with E-state index in [-0.39, 0.29) is 6.61 Å². The molecule has 0 radical (unpaired) electrons. The van der Waals surface area contributed by atoms with Crippen molar-refractivity contribution in [3.8, 4) is 6.07 Å². The van der Waals surface area contributed by atoms with Crippen LogP contribution in [0.3, 0.4) is 0 Å². The zero-order chi connectivity index (χ0) is 10.6. The van der Waals surface area contributed by atoms with E-state index < -0.39 is 6.04 Å². The number of hydrogen-bond acceptors (Lipinski definition) is 3. The van der Waals surface area contributed by atoms with E-state index in [1.807, 2.05) is 13.0 Å². The lowest BCUT2D eigenvalue weighted by molar-refractivity contribution is 0.267. The van der Waals surface area contributed by atoms with Crippen molar-refractivity contribution in [2.45, 2.75) is 19.4 Å². The average molecular weight is 190 g/mol. The van der Waals surface area contributed by atoms with Crippen molar-refractivity contribution in [1.82, 2.24) is 0 Å². The van der Waals surface area contributed by atoms with Crippen LogP contribution in [0.25, 0.3) is 0 Å². The summed E-state index contributed by atoms with van der Waals surface area (Å²) in [6.07, 6.45) is 0.856. The quantitative estimate of drug-likeness (QED) is 0.750. The normalized spacial score (nSPS) is 12.1. The van der Waals surface area contributed by atoms with Crippen molar-refractivity contribution >= 4 is 0 Å². The number of aliphatic hydroxyl groups excluding tert-OH is 1. The first kappa shape index (κ1) is 10.7. The summed E-state index contributed by atoms with van der Waals surface area (Å²) < 4.78 is 0. The smallest absolute Gasteiger partial charge is 0.0991 e. The molecule has 0 bridgehead atoms. The maximum atomic E-state index is 8.96. The molecule has 0 heterocycles. The van der Waals surface area contributed by atoms with Gasteiger partial charge >= 0.3 is 0 Å². The van der Waals surface area contributed by atoms with E-state index in [0.717, 1.165) is 17.5 Å². The zero-order valence-electron chi connectivity index (χ0n) is 8.20. The number of aliphatic hydroxyl groups is 1. The van der Waals surface area contributed by atoms with Crippen LogP contribution in [0, 0.1) is 11.3 Å². The molecule has 0 aromatic heterocycles. The second-order valence-corrected chi connectivity index (χ2v) is 3.17. The van der Waals surface area contributed by atoms with Gasteiger partial charge in [0.15, 0.2) is 0 Å². The highest BCUT2D eigenvalue weighted by atomic mass is 16.3. The fraction of sp³-hybridized carbons (Fsp3) is 0.364. The van der Waals surface area contributed by atoms with E-state index in [2.05, 4.69) is 6.07 Å². The fourth-order valence-corrected chi connectivity index (χ4v) is 1.43. The van der Waals surface area contributed by atoms with Crippen LogP contribution in [0.1, 0.15) is 29.7 Å². The second kappa shape index (κ2) is 4.75. The molecule has 1 aromatic carbocycles. The molecule has 3 nitrogen and oxygen atoms in total. The first-order valence-electron chi connectivity index (χ1n) is 4.62. The summed E-state index contributed by atoms with van der Waals surface area (Å²) in [7, 11) is 0. The zero-order valence-corrected chi connectivity index (χ0v) is 8.20. The highest BCUT2D eigenvalue weighted by Crippen LogP contribution is 2.18. The maximum Gasteiger partial charge on any atom is 0.0991 e. The molecule has 74 valence electrons. The third-order valence-corrected chi connectivity index (χ3v) is 2.25. The molecule has 1 aromatic rings. The first-order chi connectivity index (χ1) is 6.72. The van der Waals surface area contributed by atoms with Crippen LogP contribution in [0.5, 0.6) is 0 Å². The molecule has 0 aliphatic heterocycles. The summed E-state index contributed by atoms with van der Waals surface area (Å²) >= 11 is 0. The van der Waals surface area contributed by atoms with E-state index >= 15 is 0 Å². The Morgan fingerprint density at radius 1 is 1.57 bits per heavy atom. The molecule has 0 unspecified atom stereocenters. The minimum Gasteiger partial charge on any atom is -0.394 e. The fourth-order valence-electron chi connectivity index (χ4n) is 1.43. The largest absolute Gasteiger partial charge is 0.394 e. The predicted octanol–water partition coefficient (Wildman–Crippen LogP) is 1.11. The monoisotopic (exact) mass is 190 g/mol. The predicted molar refractivity (Wildman–Crippen MR) is 54.5 cm³/mol. The van der Waals surface area contributed by atoms with E-state index in [1.54, 1.807) is 12.1 Å². The van der Waals surface area contributed by atoms with Crippen LogP contribution >= 0.6 is 0 Å². The minimum atomic E-state index is -0.391. The number of rotatable bonds is 3. The summed E-state index contributed by atoms with van der Waals surface area (Å²) in [5.74, 6) is 0. The molecule has 0 spiro atoms. The molecular weight excluding hydrogens is 176 g/mol. The molecule has 0 fully saturated rings. The Balaban J connectivity index is 3.16. The second-order valence-electron chi connectivity index (χ2n) is 3.17. The van der Waals surface area contributed by atoms with E-state index in [9.17, 15) is 0 Å². The summed E-state index contributed by atoms with van der Waals surface area (Å²) in [4.78, 5) is 0. The van der Waals surface area contributed by atoms with Crippen molar-refractivity contribution in [2.24, 2.45) is 5.73 Å². The number of hydrogen-bond donors (Lipinski definition) is 2. The molecule has 1 rings (SSSR count). The summed E-state index contributed by atoms with van der Waals surface area (Å²) in [5, 5.41) is 17.7. The van der Waals surface area contributed by atoms with Gasteiger partial charge < -0.3 is 10.8 Å². The summed E-state index contributed by atoms with van der Waals surface area (Å²) in [5.41, 5.74) is 8.28. The number of nitrogens with two attached hydrogens (primary N) is 1. The number of nitrogens with zero attached hydrogens (tertiary/aromatic N) is 1. The Kier molecular flexibility index (Phi) is 3.63. The molecule has 14 heavy (non-hydrogen) atoms. The van der Waals surface area contributed by atoms with Crippen LogP contribution in [-0.4, -0.2) is 11.7 Å². The standard InChI is InChI=1S/C11H14N2O/c1-2-9-4-3-8(6-12)5-10(9)11(13)7-14/h3-5,11,14H,2,7,13H2,1H3/t11-/m0/s1. The Bertz CT molecular complexity index is 355. The molecule has 0 aliphatic carbocycles. The van der Waals surface area contributed by atoms with Crippen LogP contribution in [0.15, 0.2) is 18.2 Å². The van der Waals surface area contributed by atoms with Gasteiger partial charge in [-0.1, -0.05) is 13.0 Å². The molecule has 0 saturated carbocycles. The Labute approximate surface area is 83.8 Å². The minimum absolute atomic E-state index is 0.0954. The highest BCUT2D eigenvalue weighted by Gasteiger charge is 2.09. The lowest BCUT2D eigenvalue weighted by atomic mass is 9.97. The van der Waals surface area contributed by atoms with E-state index in [1.165, 1.54) is 0 Å². The van der Waals surface area contributed by atoms with Gasteiger partial charge in [-0.15, -0.1) is 0 Å². The van der Waals surface area contributed by atoms with Gasteiger partial charge in [-0.3, -0.25) is 0 Å². The van der Waals surface area contributed by atoms with E-state index in [0.29, 0.717) is 5.56 Å². The van der Waals surface area contributed by atoms with Gasteiger partial charge in [-0.2, -0.15) is 5.26 Å². The molecule has 3 heteroatoms. The molecule has 0 aliphatic rings. The molecule has 0 saturated heterocycles. The Morgan fingerprint density at radius 2 is 2.29 bits per heavy atom. The number of aryl methyl sites for hydroxylation is 1. The van der Waals surface area contributed by atoms with Crippen molar-refractivity contribution < 1.29 is 5.11 Å². The van der Waals surface area contributed by atoms with Gasteiger partial charge in [-0.05, 0) is 29.7 Å². The van der Waals surface area contributed by atoms with Crippen molar-refractivity contribution in [1.29, 1.82) is 5.26 Å². The van der Waals surface area contributed by atoms with Gasteiger partial charge in [0.1, 0.15) is 0 Å². The Morgan fingerprint density at radius 3 is 2.79 bits per heavy atom. The summed E-state index contributed by atoms with van der Waals surface area (Å²) in [6.45, 7) is 1.93. The lowest BCUT2D eigenvalue weighted by Gasteiger charge is -2.13. The van der Waals surface area contributed by atoms with Gasteiger partial charge in [0.25, 0.3) is 0 Å². The van der Waals surface area contributed by atoms with Crippen molar-refractivity contribution in [3.05, 3.63) is 34.9 Å². The molecular formula is C11H14N2O. The molecule has 0 amide bonds. The average Bonchev–Trinajstić information content (AvgIpc) is 2.27. The van der Waals surface area contributed by atoms with Crippen LogP contribution < -0.4 is 5.73 Å². The third kappa shape index (κ3) is 2.11. The van der Waals surface area contributed by atoms with Gasteiger partial charge in [0.05, 0.1) is 24.3 Å². The van der Waals surface area contributed by atoms with Crippen molar-refractivity contribution in [2.75, 3.05) is 6.61 Å². The maximum absolute atomic E-state index is 8.96. The molecule has 3 N–H and O–H groups in total. The van der Waals surface area contributed by atoms with Gasteiger partial charge in [0.2, 0.25) is 0 Å². The van der Waals surface area contributed by atoms with Gasteiger partial charge in [-0.25, -0.2) is 0 Å². The molecule has 1 atom stereocenters. The number of nitriles is 1. The first-order valence-corrected chi connectivity index (χ1v) is 4.62. The highest BCUT2D eigenvalue weighted by molar-refractivity contribution is 5.39. The summed E-state index contributed by atoms with van der Waals surface area (Å²) in [6, 6.07) is 7.08.